The second kappa shape index (κ2) is 4.83. The van der Waals surface area contributed by atoms with Gasteiger partial charge in [0.2, 0.25) is 0 Å². The van der Waals surface area contributed by atoms with Gasteiger partial charge in [-0.3, -0.25) is 0 Å². The van der Waals surface area contributed by atoms with Crippen molar-refractivity contribution in [2.24, 2.45) is 0 Å². The molecule has 0 fully saturated rings. The molecule has 5 heteroatoms. The van der Waals surface area contributed by atoms with Crippen LogP contribution in [0.25, 0.3) is 0 Å². The van der Waals surface area contributed by atoms with E-state index in [0.717, 1.165) is 0 Å². The SMILES string of the molecule is O=C(O)c1cc(OCCO)ccc1Cl. The van der Waals surface area contributed by atoms with Gasteiger partial charge in [0.05, 0.1) is 17.2 Å². The van der Waals surface area contributed by atoms with Crippen LogP contribution in [-0.4, -0.2) is 29.4 Å². The third-order valence-corrected chi connectivity index (χ3v) is 1.86. The number of carboxylic acids is 1. The van der Waals surface area contributed by atoms with Crippen molar-refractivity contribution >= 4 is 17.6 Å². The van der Waals surface area contributed by atoms with Crippen LogP contribution in [0.1, 0.15) is 10.4 Å². The molecule has 0 saturated heterocycles. The van der Waals surface area contributed by atoms with Gasteiger partial charge in [0.1, 0.15) is 12.4 Å². The molecule has 0 atom stereocenters. The van der Waals surface area contributed by atoms with Gasteiger partial charge in [-0.1, -0.05) is 11.6 Å². The summed E-state index contributed by atoms with van der Waals surface area (Å²) < 4.78 is 5.03. The third kappa shape index (κ3) is 2.61. The van der Waals surface area contributed by atoms with Gasteiger partial charge in [0, 0.05) is 0 Å². The summed E-state index contributed by atoms with van der Waals surface area (Å²) >= 11 is 5.64. The summed E-state index contributed by atoms with van der Waals surface area (Å²) in [7, 11) is 0. The molecule has 0 aliphatic carbocycles. The molecule has 0 radical (unpaired) electrons. The average Bonchev–Trinajstić information content (AvgIpc) is 2.16. The number of hydrogen-bond acceptors (Lipinski definition) is 3. The van der Waals surface area contributed by atoms with E-state index < -0.39 is 5.97 Å². The van der Waals surface area contributed by atoms with Crippen LogP contribution in [0.5, 0.6) is 5.75 Å². The summed E-state index contributed by atoms with van der Waals surface area (Å²) in [5.74, 6) is -0.731. The lowest BCUT2D eigenvalue weighted by Gasteiger charge is -2.05. The minimum absolute atomic E-state index is 0.0119. The fourth-order valence-electron chi connectivity index (χ4n) is 0.922. The first kappa shape index (κ1) is 10.8. The van der Waals surface area contributed by atoms with Gasteiger partial charge in [-0.25, -0.2) is 4.79 Å². The Bertz CT molecular complexity index is 338. The molecule has 1 aromatic carbocycles. The molecule has 0 saturated carbocycles. The first-order valence-corrected chi connectivity index (χ1v) is 4.29. The first-order chi connectivity index (χ1) is 6.65. The molecular weight excluding hydrogens is 208 g/mol. The minimum atomic E-state index is -1.11. The van der Waals surface area contributed by atoms with Gasteiger partial charge in [-0.05, 0) is 18.2 Å². The van der Waals surface area contributed by atoms with E-state index in [0.29, 0.717) is 5.75 Å². The number of aromatic carboxylic acids is 1. The van der Waals surface area contributed by atoms with Crippen LogP contribution in [0.3, 0.4) is 0 Å². The molecule has 0 aromatic heterocycles. The van der Waals surface area contributed by atoms with Crippen LogP contribution >= 0.6 is 11.6 Å². The predicted octanol–water partition coefficient (Wildman–Crippen LogP) is 1.41. The van der Waals surface area contributed by atoms with Crippen molar-refractivity contribution in [3.63, 3.8) is 0 Å². The Labute approximate surface area is 85.7 Å². The van der Waals surface area contributed by atoms with Gasteiger partial charge in [0.15, 0.2) is 0 Å². The zero-order valence-corrected chi connectivity index (χ0v) is 7.99. The molecule has 0 aliphatic rings. The molecular formula is C9H9ClO4. The Kier molecular flexibility index (Phi) is 3.73. The van der Waals surface area contributed by atoms with Gasteiger partial charge in [-0.15, -0.1) is 0 Å². The Morgan fingerprint density at radius 3 is 2.79 bits per heavy atom. The molecule has 76 valence electrons. The molecule has 0 aliphatic heterocycles. The van der Waals surface area contributed by atoms with Crippen molar-refractivity contribution in [3.8, 4) is 5.75 Å². The Morgan fingerprint density at radius 2 is 2.21 bits per heavy atom. The van der Waals surface area contributed by atoms with E-state index in [1.165, 1.54) is 12.1 Å². The molecule has 14 heavy (non-hydrogen) atoms. The number of halogens is 1. The highest BCUT2D eigenvalue weighted by molar-refractivity contribution is 6.33. The molecule has 0 spiro atoms. The number of aliphatic hydroxyl groups excluding tert-OH is 1. The molecule has 1 rings (SSSR count). The maximum Gasteiger partial charge on any atom is 0.337 e. The normalized spacial score (nSPS) is 9.86. The van der Waals surface area contributed by atoms with E-state index in [2.05, 4.69) is 0 Å². The maximum atomic E-state index is 10.7. The number of ether oxygens (including phenoxy) is 1. The van der Waals surface area contributed by atoms with Crippen LogP contribution in [0.2, 0.25) is 5.02 Å². The first-order valence-electron chi connectivity index (χ1n) is 3.91. The molecule has 0 amide bonds. The minimum Gasteiger partial charge on any atom is -0.491 e. The fraction of sp³-hybridized carbons (Fsp3) is 0.222. The molecule has 0 bridgehead atoms. The fourth-order valence-corrected chi connectivity index (χ4v) is 1.12. The van der Waals surface area contributed by atoms with Crippen LogP contribution in [0.4, 0.5) is 0 Å². The zero-order chi connectivity index (χ0) is 10.6. The van der Waals surface area contributed by atoms with E-state index in [-0.39, 0.29) is 23.8 Å². The molecule has 1 aromatic rings. The summed E-state index contributed by atoms with van der Waals surface area (Å²) in [6.45, 7) is 0.00568. The molecule has 0 heterocycles. The standard InChI is InChI=1S/C9H9ClO4/c10-8-2-1-6(14-4-3-11)5-7(8)9(12)13/h1-2,5,11H,3-4H2,(H,12,13). The largest absolute Gasteiger partial charge is 0.491 e. The van der Waals surface area contributed by atoms with Crippen molar-refractivity contribution in [1.29, 1.82) is 0 Å². The topological polar surface area (TPSA) is 66.8 Å². The van der Waals surface area contributed by atoms with Crippen LogP contribution in [0, 0.1) is 0 Å². The average molecular weight is 217 g/mol. The smallest absolute Gasteiger partial charge is 0.337 e. The zero-order valence-electron chi connectivity index (χ0n) is 7.24. The van der Waals surface area contributed by atoms with E-state index in [4.69, 9.17) is 26.6 Å². The van der Waals surface area contributed by atoms with E-state index >= 15 is 0 Å². The summed E-state index contributed by atoms with van der Waals surface area (Å²) in [4.78, 5) is 10.7. The number of carboxylic acid groups (broad SMARTS) is 1. The van der Waals surface area contributed by atoms with Crippen LogP contribution in [0.15, 0.2) is 18.2 Å². The van der Waals surface area contributed by atoms with E-state index in [1.54, 1.807) is 6.07 Å². The maximum absolute atomic E-state index is 10.7. The molecule has 4 nitrogen and oxygen atoms in total. The van der Waals surface area contributed by atoms with Crippen molar-refractivity contribution in [2.75, 3.05) is 13.2 Å². The lowest BCUT2D eigenvalue weighted by atomic mass is 10.2. The van der Waals surface area contributed by atoms with Crippen molar-refractivity contribution in [3.05, 3.63) is 28.8 Å². The molecule has 2 N–H and O–H groups in total. The molecule has 0 unspecified atom stereocenters. The Morgan fingerprint density at radius 1 is 1.50 bits per heavy atom. The van der Waals surface area contributed by atoms with E-state index in [9.17, 15) is 4.79 Å². The van der Waals surface area contributed by atoms with Gasteiger partial charge >= 0.3 is 5.97 Å². The summed E-state index contributed by atoms with van der Waals surface area (Å²) in [5.41, 5.74) is -0.0119. The summed E-state index contributed by atoms with van der Waals surface area (Å²) in [6, 6.07) is 4.31. The highest BCUT2D eigenvalue weighted by atomic mass is 35.5. The van der Waals surface area contributed by atoms with Gasteiger partial charge in [-0.2, -0.15) is 0 Å². The number of rotatable bonds is 4. The number of carbonyl (C=O) groups is 1. The quantitative estimate of drug-likeness (QED) is 0.799. The predicted molar refractivity (Wildman–Crippen MR) is 51.0 cm³/mol. The van der Waals surface area contributed by atoms with E-state index in [1.807, 2.05) is 0 Å². The number of benzene rings is 1. The Hall–Kier alpha value is -1.26. The van der Waals surface area contributed by atoms with Crippen molar-refractivity contribution < 1.29 is 19.7 Å². The second-order valence-electron chi connectivity index (χ2n) is 2.52. The summed E-state index contributed by atoms with van der Waals surface area (Å²) in [6.07, 6.45) is 0. The monoisotopic (exact) mass is 216 g/mol. The number of aliphatic hydroxyl groups is 1. The third-order valence-electron chi connectivity index (χ3n) is 1.53. The summed E-state index contributed by atoms with van der Waals surface area (Å²) in [5, 5.41) is 17.4. The second-order valence-corrected chi connectivity index (χ2v) is 2.93. The lowest BCUT2D eigenvalue weighted by molar-refractivity contribution is 0.0696. The van der Waals surface area contributed by atoms with Crippen molar-refractivity contribution in [1.82, 2.24) is 0 Å². The van der Waals surface area contributed by atoms with Gasteiger partial charge in [0.25, 0.3) is 0 Å². The highest BCUT2D eigenvalue weighted by Crippen LogP contribution is 2.21. The highest BCUT2D eigenvalue weighted by Gasteiger charge is 2.09. The number of hydrogen-bond donors (Lipinski definition) is 2. The van der Waals surface area contributed by atoms with Crippen LogP contribution in [-0.2, 0) is 0 Å². The Balaban J connectivity index is 2.89. The van der Waals surface area contributed by atoms with Crippen molar-refractivity contribution in [2.45, 2.75) is 0 Å². The van der Waals surface area contributed by atoms with Crippen LogP contribution < -0.4 is 4.74 Å². The van der Waals surface area contributed by atoms with Gasteiger partial charge < -0.3 is 14.9 Å². The lowest BCUT2D eigenvalue weighted by Crippen LogP contribution is -2.03.